The SMILES string of the molecule is C[C@](O)(CC#C[Si](C)(C)C)c1ccccc1F. The van der Waals surface area contributed by atoms with Gasteiger partial charge < -0.3 is 5.11 Å². The first-order valence-electron chi connectivity index (χ1n) is 5.70. The number of aliphatic hydroxyl groups is 1. The second-order valence-corrected chi connectivity index (χ2v) is 10.2. The van der Waals surface area contributed by atoms with Gasteiger partial charge in [0.05, 0.1) is 0 Å². The van der Waals surface area contributed by atoms with E-state index in [0.29, 0.717) is 5.56 Å². The smallest absolute Gasteiger partial charge is 0.129 e. The summed E-state index contributed by atoms with van der Waals surface area (Å²) in [7, 11) is -1.44. The molecule has 0 aliphatic carbocycles. The van der Waals surface area contributed by atoms with Crippen LogP contribution in [-0.2, 0) is 5.60 Å². The summed E-state index contributed by atoms with van der Waals surface area (Å²) in [5, 5.41) is 10.2. The molecule has 1 aromatic rings. The van der Waals surface area contributed by atoms with Crippen molar-refractivity contribution in [2.45, 2.75) is 38.6 Å². The van der Waals surface area contributed by atoms with Gasteiger partial charge in [0.1, 0.15) is 19.5 Å². The van der Waals surface area contributed by atoms with Gasteiger partial charge in [-0.05, 0) is 13.0 Å². The van der Waals surface area contributed by atoms with Gasteiger partial charge in [0.2, 0.25) is 0 Å². The van der Waals surface area contributed by atoms with Crippen molar-refractivity contribution in [1.82, 2.24) is 0 Å². The third-order valence-electron chi connectivity index (χ3n) is 2.35. The largest absolute Gasteiger partial charge is 0.384 e. The zero-order valence-electron chi connectivity index (χ0n) is 10.8. The summed E-state index contributed by atoms with van der Waals surface area (Å²) in [4.78, 5) is 0. The summed E-state index contributed by atoms with van der Waals surface area (Å²) in [5.41, 5.74) is 2.26. The zero-order valence-corrected chi connectivity index (χ0v) is 11.8. The quantitative estimate of drug-likeness (QED) is 0.631. The van der Waals surface area contributed by atoms with Crippen LogP contribution in [0.2, 0.25) is 19.6 Å². The van der Waals surface area contributed by atoms with Crippen molar-refractivity contribution in [2.24, 2.45) is 0 Å². The Labute approximate surface area is 104 Å². The summed E-state index contributed by atoms with van der Waals surface area (Å²) in [6, 6.07) is 6.29. The van der Waals surface area contributed by atoms with E-state index in [4.69, 9.17) is 0 Å². The van der Waals surface area contributed by atoms with Crippen LogP contribution in [0.1, 0.15) is 18.9 Å². The monoisotopic (exact) mass is 250 g/mol. The highest BCUT2D eigenvalue weighted by atomic mass is 28.3. The van der Waals surface area contributed by atoms with Gasteiger partial charge in [0, 0.05) is 12.0 Å². The molecule has 0 saturated heterocycles. The summed E-state index contributed by atoms with van der Waals surface area (Å²) < 4.78 is 13.5. The van der Waals surface area contributed by atoms with Crippen molar-refractivity contribution in [3.8, 4) is 11.5 Å². The second kappa shape index (κ2) is 5.03. The van der Waals surface area contributed by atoms with Crippen molar-refractivity contribution < 1.29 is 9.50 Å². The Hall–Kier alpha value is -1.11. The van der Waals surface area contributed by atoms with Crippen LogP contribution in [0.25, 0.3) is 0 Å². The third-order valence-corrected chi connectivity index (χ3v) is 3.28. The maximum absolute atomic E-state index is 13.5. The molecule has 1 nitrogen and oxygen atoms in total. The van der Waals surface area contributed by atoms with E-state index in [2.05, 4.69) is 31.1 Å². The molecule has 92 valence electrons. The first-order chi connectivity index (χ1) is 7.72. The normalized spacial score (nSPS) is 14.7. The van der Waals surface area contributed by atoms with Crippen LogP contribution in [0, 0.1) is 17.3 Å². The number of hydrogen-bond acceptors (Lipinski definition) is 1. The summed E-state index contributed by atoms with van der Waals surface area (Å²) >= 11 is 0. The highest BCUT2D eigenvalue weighted by molar-refractivity contribution is 6.83. The Morgan fingerprint density at radius 3 is 2.41 bits per heavy atom. The van der Waals surface area contributed by atoms with E-state index in [1.54, 1.807) is 25.1 Å². The lowest BCUT2D eigenvalue weighted by atomic mass is 9.92. The average Bonchev–Trinajstić information content (AvgIpc) is 2.15. The molecule has 0 amide bonds. The Bertz CT molecular complexity index is 449. The summed E-state index contributed by atoms with van der Waals surface area (Å²) in [5.74, 6) is 2.60. The first kappa shape index (κ1) is 13.9. The highest BCUT2D eigenvalue weighted by Crippen LogP contribution is 2.26. The molecule has 0 heterocycles. The second-order valence-electron chi connectivity index (χ2n) is 5.48. The molecule has 3 heteroatoms. The molecule has 0 spiro atoms. The maximum Gasteiger partial charge on any atom is 0.129 e. The molecule has 0 fully saturated rings. The van der Waals surface area contributed by atoms with Crippen LogP contribution in [0.3, 0.4) is 0 Å². The molecule has 0 saturated carbocycles. The fraction of sp³-hybridized carbons (Fsp3) is 0.429. The van der Waals surface area contributed by atoms with Gasteiger partial charge in [-0.1, -0.05) is 37.8 Å². The average molecular weight is 250 g/mol. The van der Waals surface area contributed by atoms with Gasteiger partial charge in [-0.15, -0.1) is 11.5 Å². The van der Waals surface area contributed by atoms with Crippen molar-refractivity contribution in [3.05, 3.63) is 35.6 Å². The molecule has 1 rings (SSSR count). The number of halogens is 1. The molecule has 1 aromatic carbocycles. The van der Waals surface area contributed by atoms with Gasteiger partial charge in [0.25, 0.3) is 0 Å². The molecular weight excluding hydrogens is 231 g/mol. The van der Waals surface area contributed by atoms with E-state index in [1.165, 1.54) is 6.07 Å². The lowest BCUT2D eigenvalue weighted by molar-refractivity contribution is 0.0590. The molecule has 0 bridgehead atoms. The Kier molecular flexibility index (Phi) is 4.13. The Balaban J connectivity index is 2.89. The van der Waals surface area contributed by atoms with Gasteiger partial charge in [-0.2, -0.15) is 0 Å². The fourth-order valence-corrected chi connectivity index (χ4v) is 2.09. The maximum atomic E-state index is 13.5. The van der Waals surface area contributed by atoms with E-state index >= 15 is 0 Å². The Morgan fingerprint density at radius 2 is 1.88 bits per heavy atom. The minimum absolute atomic E-state index is 0.262. The molecule has 0 unspecified atom stereocenters. The van der Waals surface area contributed by atoms with Gasteiger partial charge in [-0.25, -0.2) is 4.39 Å². The molecule has 1 atom stereocenters. The van der Waals surface area contributed by atoms with Crippen LogP contribution >= 0.6 is 0 Å². The molecule has 0 radical (unpaired) electrons. The lowest BCUT2D eigenvalue weighted by Gasteiger charge is -2.21. The van der Waals surface area contributed by atoms with Crippen LogP contribution in [0.4, 0.5) is 4.39 Å². The standard InChI is InChI=1S/C14H19FOSi/c1-14(16,10-7-11-17(2,3)4)12-8-5-6-9-13(12)15/h5-6,8-9,16H,10H2,1-4H3/t14-/m0/s1. The van der Waals surface area contributed by atoms with Crippen molar-refractivity contribution in [3.63, 3.8) is 0 Å². The van der Waals surface area contributed by atoms with Crippen molar-refractivity contribution >= 4 is 8.07 Å². The topological polar surface area (TPSA) is 20.2 Å². The molecule has 17 heavy (non-hydrogen) atoms. The van der Waals surface area contributed by atoms with E-state index in [0.717, 1.165) is 0 Å². The minimum atomic E-state index is -1.44. The van der Waals surface area contributed by atoms with Crippen molar-refractivity contribution in [1.29, 1.82) is 0 Å². The van der Waals surface area contributed by atoms with E-state index in [1.807, 2.05) is 0 Å². The van der Waals surface area contributed by atoms with Crippen molar-refractivity contribution in [2.75, 3.05) is 0 Å². The van der Waals surface area contributed by atoms with Crippen LogP contribution < -0.4 is 0 Å². The summed E-state index contributed by atoms with van der Waals surface area (Å²) in [6.45, 7) is 8.01. The van der Waals surface area contributed by atoms with Crippen LogP contribution in [0.15, 0.2) is 24.3 Å². The fourth-order valence-electron chi connectivity index (χ4n) is 1.47. The summed E-state index contributed by atoms with van der Waals surface area (Å²) in [6.07, 6.45) is 0.262. The van der Waals surface area contributed by atoms with Crippen LogP contribution in [-0.4, -0.2) is 13.2 Å². The number of benzene rings is 1. The predicted molar refractivity (Wildman–Crippen MR) is 71.7 cm³/mol. The van der Waals surface area contributed by atoms with Gasteiger partial charge in [0.15, 0.2) is 0 Å². The van der Waals surface area contributed by atoms with Gasteiger partial charge >= 0.3 is 0 Å². The molecule has 0 aliphatic heterocycles. The van der Waals surface area contributed by atoms with E-state index in [9.17, 15) is 9.50 Å². The van der Waals surface area contributed by atoms with Gasteiger partial charge in [-0.3, -0.25) is 0 Å². The number of hydrogen-bond donors (Lipinski definition) is 1. The van der Waals surface area contributed by atoms with E-state index in [-0.39, 0.29) is 12.2 Å². The molecule has 0 aliphatic rings. The molecular formula is C14H19FOSi. The first-order valence-corrected chi connectivity index (χ1v) is 9.20. The lowest BCUT2D eigenvalue weighted by Crippen LogP contribution is -2.23. The highest BCUT2D eigenvalue weighted by Gasteiger charge is 2.25. The van der Waals surface area contributed by atoms with E-state index < -0.39 is 13.7 Å². The zero-order chi connectivity index (χ0) is 13.1. The Morgan fingerprint density at radius 1 is 1.29 bits per heavy atom. The predicted octanol–water partition coefficient (Wildman–Crippen LogP) is 3.30. The molecule has 0 aromatic heterocycles. The van der Waals surface area contributed by atoms with Crippen LogP contribution in [0.5, 0.6) is 0 Å². The minimum Gasteiger partial charge on any atom is -0.384 e. The third kappa shape index (κ3) is 4.33. The molecule has 1 N–H and O–H groups in total. The number of rotatable bonds is 2.